The van der Waals surface area contributed by atoms with Gasteiger partial charge in [0.25, 0.3) is 0 Å². The number of benzene rings is 1. The van der Waals surface area contributed by atoms with E-state index >= 15 is 0 Å². The molecule has 1 N–H and O–H groups in total. The first-order chi connectivity index (χ1) is 9.17. The number of hydrogen-bond acceptors (Lipinski definition) is 4. The van der Waals surface area contributed by atoms with Crippen LogP contribution in [0.5, 0.6) is 0 Å². The molecule has 106 valence electrons. The fourth-order valence-corrected chi connectivity index (χ4v) is 1.78. The highest BCUT2D eigenvalue weighted by Crippen LogP contribution is 2.09. The molecule has 1 rings (SSSR count). The summed E-state index contributed by atoms with van der Waals surface area (Å²) in [5.74, 6) is -0.196. The zero-order valence-electron chi connectivity index (χ0n) is 12.1. The Morgan fingerprint density at radius 1 is 1.32 bits per heavy atom. The van der Waals surface area contributed by atoms with Gasteiger partial charge in [-0.3, -0.25) is 4.79 Å². The molecule has 0 unspecified atom stereocenters. The van der Waals surface area contributed by atoms with Gasteiger partial charge in [0.15, 0.2) is 0 Å². The summed E-state index contributed by atoms with van der Waals surface area (Å²) in [6.45, 7) is 5.95. The summed E-state index contributed by atoms with van der Waals surface area (Å²) in [7, 11) is 3.52. The maximum absolute atomic E-state index is 11.3. The Hall–Kier alpha value is -1.39. The smallest absolute Gasteiger partial charge is 0.309 e. The Morgan fingerprint density at radius 2 is 2.00 bits per heavy atom. The fourth-order valence-electron chi connectivity index (χ4n) is 1.78. The van der Waals surface area contributed by atoms with Gasteiger partial charge < -0.3 is 15.0 Å². The highest BCUT2D eigenvalue weighted by atomic mass is 16.5. The van der Waals surface area contributed by atoms with E-state index in [4.69, 9.17) is 4.74 Å². The maximum Gasteiger partial charge on any atom is 0.309 e. The monoisotopic (exact) mass is 264 g/mol. The second-order valence-corrected chi connectivity index (χ2v) is 4.59. The number of esters is 1. The summed E-state index contributed by atoms with van der Waals surface area (Å²) in [4.78, 5) is 13.6. The molecule has 0 aliphatic heterocycles. The lowest BCUT2D eigenvalue weighted by atomic mass is 10.0. The zero-order valence-corrected chi connectivity index (χ0v) is 12.1. The highest BCUT2D eigenvalue weighted by molar-refractivity contribution is 5.72. The van der Waals surface area contributed by atoms with Crippen LogP contribution in [0.15, 0.2) is 24.3 Å². The standard InChI is InChI=1S/C15H24N2O2/c1-4-17(2)10-9-16-12-14-8-6-5-7-13(14)11-15(18)19-3/h5-8,16H,4,9-12H2,1-3H3. The average molecular weight is 264 g/mol. The molecule has 0 saturated heterocycles. The molecule has 0 aliphatic carbocycles. The Balaban J connectivity index is 2.46. The van der Waals surface area contributed by atoms with Crippen molar-refractivity contribution in [2.45, 2.75) is 19.9 Å². The minimum Gasteiger partial charge on any atom is -0.469 e. The van der Waals surface area contributed by atoms with Crippen molar-refractivity contribution in [2.24, 2.45) is 0 Å². The van der Waals surface area contributed by atoms with Crippen molar-refractivity contribution in [1.29, 1.82) is 0 Å². The minimum absolute atomic E-state index is 0.196. The van der Waals surface area contributed by atoms with Crippen LogP contribution in [0.2, 0.25) is 0 Å². The highest BCUT2D eigenvalue weighted by Gasteiger charge is 2.07. The minimum atomic E-state index is -0.196. The normalized spacial score (nSPS) is 10.7. The SMILES string of the molecule is CCN(C)CCNCc1ccccc1CC(=O)OC. The van der Waals surface area contributed by atoms with Crippen molar-refractivity contribution in [1.82, 2.24) is 10.2 Å². The van der Waals surface area contributed by atoms with Gasteiger partial charge in [0.05, 0.1) is 13.5 Å². The van der Waals surface area contributed by atoms with Gasteiger partial charge in [0.1, 0.15) is 0 Å². The van der Waals surface area contributed by atoms with E-state index in [1.807, 2.05) is 18.2 Å². The van der Waals surface area contributed by atoms with Crippen molar-refractivity contribution in [3.8, 4) is 0 Å². The van der Waals surface area contributed by atoms with E-state index in [1.165, 1.54) is 7.11 Å². The fraction of sp³-hybridized carbons (Fsp3) is 0.533. The third-order valence-corrected chi connectivity index (χ3v) is 3.21. The third kappa shape index (κ3) is 5.85. The largest absolute Gasteiger partial charge is 0.469 e. The van der Waals surface area contributed by atoms with Gasteiger partial charge in [-0.1, -0.05) is 31.2 Å². The first kappa shape index (κ1) is 15.7. The van der Waals surface area contributed by atoms with Gasteiger partial charge in [-0.2, -0.15) is 0 Å². The molecule has 0 aliphatic rings. The molecule has 1 aromatic carbocycles. The Kier molecular flexibility index (Phi) is 7.15. The summed E-state index contributed by atoms with van der Waals surface area (Å²) in [5.41, 5.74) is 2.19. The van der Waals surface area contributed by atoms with Crippen LogP contribution >= 0.6 is 0 Å². The lowest BCUT2D eigenvalue weighted by Crippen LogP contribution is -2.29. The summed E-state index contributed by atoms with van der Waals surface area (Å²) in [5, 5.41) is 3.40. The van der Waals surface area contributed by atoms with Crippen molar-refractivity contribution in [3.05, 3.63) is 35.4 Å². The molecule has 0 heterocycles. The summed E-state index contributed by atoms with van der Waals surface area (Å²) < 4.78 is 4.71. The number of carbonyl (C=O) groups excluding carboxylic acids is 1. The molecule has 0 spiro atoms. The Labute approximate surface area is 115 Å². The van der Waals surface area contributed by atoms with E-state index in [9.17, 15) is 4.79 Å². The topological polar surface area (TPSA) is 41.6 Å². The van der Waals surface area contributed by atoms with Crippen LogP contribution in [-0.4, -0.2) is 44.7 Å². The van der Waals surface area contributed by atoms with E-state index in [1.54, 1.807) is 0 Å². The predicted octanol–water partition coefficient (Wildman–Crippen LogP) is 1.44. The first-order valence-corrected chi connectivity index (χ1v) is 6.70. The van der Waals surface area contributed by atoms with Crippen molar-refractivity contribution >= 4 is 5.97 Å². The zero-order chi connectivity index (χ0) is 14.1. The quantitative estimate of drug-likeness (QED) is 0.570. The van der Waals surface area contributed by atoms with Crippen LogP contribution in [0, 0.1) is 0 Å². The molecule has 19 heavy (non-hydrogen) atoms. The van der Waals surface area contributed by atoms with Crippen LogP contribution in [0.3, 0.4) is 0 Å². The molecule has 0 atom stereocenters. The van der Waals surface area contributed by atoms with Crippen LogP contribution in [0.25, 0.3) is 0 Å². The lowest BCUT2D eigenvalue weighted by molar-refractivity contribution is -0.139. The van der Waals surface area contributed by atoms with Gasteiger partial charge in [-0.05, 0) is 24.7 Å². The summed E-state index contributed by atoms with van der Waals surface area (Å²) in [6.07, 6.45) is 0.337. The molecule has 1 aromatic rings. The molecule has 0 aromatic heterocycles. The van der Waals surface area contributed by atoms with Crippen molar-refractivity contribution in [3.63, 3.8) is 0 Å². The summed E-state index contributed by atoms with van der Waals surface area (Å²) >= 11 is 0. The summed E-state index contributed by atoms with van der Waals surface area (Å²) in [6, 6.07) is 7.98. The van der Waals surface area contributed by atoms with Crippen LogP contribution < -0.4 is 5.32 Å². The number of ether oxygens (including phenoxy) is 1. The number of likely N-dealkylation sites (N-methyl/N-ethyl adjacent to an activating group) is 1. The molecule has 0 amide bonds. The number of rotatable bonds is 8. The van der Waals surface area contributed by atoms with Crippen molar-refractivity contribution < 1.29 is 9.53 Å². The van der Waals surface area contributed by atoms with Gasteiger partial charge >= 0.3 is 5.97 Å². The maximum atomic E-state index is 11.3. The lowest BCUT2D eigenvalue weighted by Gasteiger charge is -2.15. The number of methoxy groups -OCH3 is 1. The third-order valence-electron chi connectivity index (χ3n) is 3.21. The number of nitrogens with zero attached hydrogens (tertiary/aromatic N) is 1. The molecule has 0 bridgehead atoms. The van der Waals surface area contributed by atoms with Gasteiger partial charge in [-0.25, -0.2) is 0 Å². The Bertz CT molecular complexity index is 393. The number of carbonyl (C=O) groups is 1. The number of nitrogens with one attached hydrogen (secondary N) is 1. The molecular weight excluding hydrogens is 240 g/mol. The molecule has 0 saturated carbocycles. The molecular formula is C15H24N2O2. The van der Waals surface area contributed by atoms with Gasteiger partial charge in [-0.15, -0.1) is 0 Å². The molecule has 0 radical (unpaired) electrons. The van der Waals surface area contributed by atoms with Crippen LogP contribution in [-0.2, 0) is 22.5 Å². The van der Waals surface area contributed by atoms with E-state index in [0.29, 0.717) is 6.42 Å². The van der Waals surface area contributed by atoms with E-state index in [0.717, 1.165) is 37.3 Å². The van der Waals surface area contributed by atoms with E-state index in [2.05, 4.69) is 30.3 Å². The van der Waals surface area contributed by atoms with Gasteiger partial charge in [0, 0.05) is 19.6 Å². The van der Waals surface area contributed by atoms with Crippen LogP contribution in [0.4, 0.5) is 0 Å². The second kappa shape index (κ2) is 8.67. The van der Waals surface area contributed by atoms with E-state index in [-0.39, 0.29) is 5.97 Å². The first-order valence-electron chi connectivity index (χ1n) is 6.70. The van der Waals surface area contributed by atoms with E-state index < -0.39 is 0 Å². The molecule has 4 heteroatoms. The van der Waals surface area contributed by atoms with Gasteiger partial charge in [0.2, 0.25) is 0 Å². The average Bonchev–Trinajstić information content (AvgIpc) is 2.44. The second-order valence-electron chi connectivity index (χ2n) is 4.59. The number of hydrogen-bond donors (Lipinski definition) is 1. The predicted molar refractivity (Wildman–Crippen MR) is 77.0 cm³/mol. The molecule has 0 fully saturated rings. The molecule has 4 nitrogen and oxygen atoms in total. The van der Waals surface area contributed by atoms with Crippen molar-refractivity contribution in [2.75, 3.05) is 33.8 Å². The van der Waals surface area contributed by atoms with Crippen LogP contribution in [0.1, 0.15) is 18.1 Å². The Morgan fingerprint density at radius 3 is 2.63 bits per heavy atom.